The lowest BCUT2D eigenvalue weighted by atomic mass is 9.94. The molecule has 12 heteroatoms. The minimum Gasteiger partial charge on any atom is -0.395 e. The van der Waals surface area contributed by atoms with Crippen LogP contribution in [0.1, 0.15) is 78.1 Å². The summed E-state index contributed by atoms with van der Waals surface area (Å²) in [6, 6.07) is -0.997. The molecule has 2 saturated heterocycles. The molecule has 0 radical (unpaired) electrons. The SMILES string of the molecule is CCCCCCC=O.CCCCCCCN1C[C@H](O)[C@@H](O)[C@H](O)[C@H]1CO.Cl.OC[C@H]1NC[C@H](O)[C@@H](O)[C@@H]1O. The van der Waals surface area contributed by atoms with Crippen LogP contribution in [0.2, 0.25) is 0 Å². The van der Waals surface area contributed by atoms with E-state index in [1.165, 1.54) is 38.5 Å². The van der Waals surface area contributed by atoms with Crippen LogP contribution in [-0.4, -0.2) is 134 Å². The second-order valence-corrected chi connectivity index (χ2v) is 9.97. The summed E-state index contributed by atoms with van der Waals surface area (Å²) in [4.78, 5) is 11.7. The van der Waals surface area contributed by atoms with Crippen molar-refractivity contribution in [3.05, 3.63) is 0 Å². The van der Waals surface area contributed by atoms with E-state index in [0.717, 1.165) is 38.5 Å². The molecule has 8 atom stereocenters. The van der Waals surface area contributed by atoms with E-state index in [9.17, 15) is 30.3 Å². The quantitative estimate of drug-likeness (QED) is 0.0999. The van der Waals surface area contributed by atoms with Gasteiger partial charge in [0, 0.05) is 19.5 Å². The van der Waals surface area contributed by atoms with Crippen molar-refractivity contribution in [2.45, 2.75) is 127 Å². The Bertz CT molecular complexity index is 551. The van der Waals surface area contributed by atoms with Crippen molar-refractivity contribution in [3.8, 4) is 0 Å². The number of halogens is 1. The highest BCUT2D eigenvalue weighted by Gasteiger charge is 2.40. The topological polar surface area (TPSA) is 194 Å². The number of carbonyl (C=O) groups is 1. The Kier molecular flexibility index (Phi) is 25.5. The van der Waals surface area contributed by atoms with Crippen LogP contribution in [0.4, 0.5) is 0 Å². The highest BCUT2D eigenvalue weighted by molar-refractivity contribution is 5.85. The lowest BCUT2D eigenvalue weighted by molar-refractivity contribution is -0.145. The molecule has 0 bridgehead atoms. The number of hydrogen-bond donors (Lipinski definition) is 9. The van der Waals surface area contributed by atoms with Gasteiger partial charge in [0.25, 0.3) is 0 Å². The summed E-state index contributed by atoms with van der Waals surface area (Å²) in [6.45, 7) is 5.16. The van der Waals surface area contributed by atoms with E-state index < -0.39 is 48.7 Å². The molecular formula is C26H55ClN2O9. The largest absolute Gasteiger partial charge is 0.395 e. The minimum absolute atomic E-state index is 0. The van der Waals surface area contributed by atoms with Gasteiger partial charge in [0.05, 0.1) is 43.6 Å². The number of aldehydes is 1. The molecule has 2 rings (SSSR count). The number of carbonyl (C=O) groups excluding carboxylic acids is 1. The zero-order chi connectivity index (χ0) is 28.2. The van der Waals surface area contributed by atoms with Gasteiger partial charge in [-0.15, -0.1) is 12.4 Å². The van der Waals surface area contributed by atoms with Crippen LogP contribution >= 0.6 is 12.4 Å². The number of rotatable bonds is 13. The fourth-order valence-electron chi connectivity index (χ4n) is 4.36. The Morgan fingerprint density at radius 1 is 0.737 bits per heavy atom. The summed E-state index contributed by atoms with van der Waals surface area (Å²) in [5.41, 5.74) is 0. The highest BCUT2D eigenvalue weighted by atomic mass is 35.5. The van der Waals surface area contributed by atoms with Gasteiger partial charge in [0.15, 0.2) is 0 Å². The number of nitrogens with zero attached hydrogens (tertiary/aromatic N) is 1. The fourth-order valence-corrected chi connectivity index (χ4v) is 4.36. The van der Waals surface area contributed by atoms with E-state index >= 15 is 0 Å². The number of aliphatic hydroxyl groups is 8. The van der Waals surface area contributed by atoms with Gasteiger partial charge in [-0.3, -0.25) is 4.90 Å². The maximum absolute atomic E-state index is 9.81. The van der Waals surface area contributed by atoms with Crippen molar-refractivity contribution < 1.29 is 45.6 Å². The van der Waals surface area contributed by atoms with Crippen LogP contribution in [0.25, 0.3) is 0 Å². The standard InChI is InChI=1S/C13H27NO4.C7H14O.C6H13NO4.ClH/c1-2-3-4-5-6-7-14-8-11(16)13(18)12(17)10(14)9-15;1-2-3-4-5-6-7-8;8-2-3-5(10)6(11)4(9)1-7-3;/h10-13,15-18H,2-9H2,1H3;7H,2-6H2,1H3;3-11H,1-2H2;1H/t10-,11+,12-,13-;;3-,4+,5-,6-;/m1.1./s1. The van der Waals surface area contributed by atoms with Crippen LogP contribution in [0.3, 0.4) is 0 Å². The third kappa shape index (κ3) is 15.4. The molecule has 0 aromatic carbocycles. The van der Waals surface area contributed by atoms with E-state index in [1.807, 2.05) is 4.90 Å². The molecule has 9 N–H and O–H groups in total. The Hall–Kier alpha value is -0.440. The van der Waals surface area contributed by atoms with Crippen molar-refractivity contribution in [1.29, 1.82) is 0 Å². The first-order chi connectivity index (χ1) is 17.7. The molecule has 0 aromatic rings. The molecule has 230 valence electrons. The van der Waals surface area contributed by atoms with E-state index in [0.29, 0.717) is 6.54 Å². The third-order valence-corrected chi connectivity index (χ3v) is 6.88. The molecular weight excluding hydrogens is 520 g/mol. The molecule has 2 heterocycles. The zero-order valence-corrected chi connectivity index (χ0v) is 24.0. The molecule has 0 spiro atoms. The highest BCUT2D eigenvalue weighted by Crippen LogP contribution is 2.19. The smallest absolute Gasteiger partial charge is 0.119 e. The van der Waals surface area contributed by atoms with Gasteiger partial charge < -0.3 is 51.0 Å². The summed E-state index contributed by atoms with van der Waals surface area (Å²) in [7, 11) is 0. The van der Waals surface area contributed by atoms with Gasteiger partial charge in [-0.1, -0.05) is 58.8 Å². The Morgan fingerprint density at radius 3 is 1.82 bits per heavy atom. The van der Waals surface area contributed by atoms with Gasteiger partial charge in [-0.2, -0.15) is 0 Å². The molecule has 2 aliphatic rings. The lowest BCUT2D eigenvalue weighted by Gasteiger charge is -2.43. The summed E-state index contributed by atoms with van der Waals surface area (Å²) in [6.07, 6.45) is 5.94. The molecule has 11 nitrogen and oxygen atoms in total. The number of β-amino-alcohol motifs (C(OH)–C–C–N with tert-alkyl or cyclic N) is 2. The minimum atomic E-state index is -1.16. The number of aliphatic hydroxyl groups excluding tert-OH is 8. The second-order valence-electron chi connectivity index (χ2n) is 9.97. The zero-order valence-electron chi connectivity index (χ0n) is 23.1. The van der Waals surface area contributed by atoms with E-state index in [4.69, 9.17) is 15.3 Å². The first-order valence-electron chi connectivity index (χ1n) is 13.9. The van der Waals surface area contributed by atoms with Crippen LogP contribution in [-0.2, 0) is 4.79 Å². The van der Waals surface area contributed by atoms with Gasteiger partial charge in [-0.05, 0) is 19.4 Å². The fraction of sp³-hybridized carbons (Fsp3) is 0.962. The number of unbranched alkanes of at least 4 members (excludes halogenated alkanes) is 8. The molecule has 2 aliphatic heterocycles. The Labute approximate surface area is 234 Å². The Balaban J connectivity index is 0. The van der Waals surface area contributed by atoms with Crippen molar-refractivity contribution in [2.24, 2.45) is 0 Å². The van der Waals surface area contributed by atoms with Crippen molar-refractivity contribution in [3.63, 3.8) is 0 Å². The van der Waals surface area contributed by atoms with Gasteiger partial charge in [0.1, 0.15) is 24.6 Å². The first-order valence-corrected chi connectivity index (χ1v) is 13.9. The van der Waals surface area contributed by atoms with E-state index in [-0.39, 0.29) is 32.2 Å². The maximum atomic E-state index is 9.81. The number of nitrogens with one attached hydrogen (secondary N) is 1. The van der Waals surface area contributed by atoms with Crippen LogP contribution in [0, 0.1) is 0 Å². The Morgan fingerprint density at radius 2 is 1.29 bits per heavy atom. The van der Waals surface area contributed by atoms with Crippen molar-refractivity contribution in [1.82, 2.24) is 10.2 Å². The number of piperidine rings is 2. The predicted octanol–water partition coefficient (Wildman–Crippen LogP) is -0.673. The average Bonchev–Trinajstić information content (AvgIpc) is 2.89. The second kappa shape index (κ2) is 24.4. The van der Waals surface area contributed by atoms with E-state index in [1.54, 1.807) is 0 Å². The molecule has 38 heavy (non-hydrogen) atoms. The van der Waals surface area contributed by atoms with Gasteiger partial charge in [0.2, 0.25) is 0 Å². The first kappa shape index (κ1) is 39.7. The van der Waals surface area contributed by atoms with Gasteiger partial charge in [-0.25, -0.2) is 0 Å². The molecule has 0 aliphatic carbocycles. The third-order valence-electron chi connectivity index (χ3n) is 6.88. The predicted molar refractivity (Wildman–Crippen MR) is 148 cm³/mol. The van der Waals surface area contributed by atoms with Crippen molar-refractivity contribution in [2.75, 3.05) is 32.8 Å². The van der Waals surface area contributed by atoms with E-state index in [2.05, 4.69) is 19.2 Å². The van der Waals surface area contributed by atoms with Crippen LogP contribution in [0.5, 0.6) is 0 Å². The number of hydrogen-bond acceptors (Lipinski definition) is 11. The molecule has 0 amide bonds. The average molecular weight is 575 g/mol. The summed E-state index contributed by atoms with van der Waals surface area (Å²) in [5.74, 6) is 0. The number of likely N-dealkylation sites (tertiary alicyclic amines) is 1. The monoisotopic (exact) mass is 574 g/mol. The van der Waals surface area contributed by atoms with Crippen molar-refractivity contribution >= 4 is 18.7 Å². The summed E-state index contributed by atoms with van der Waals surface area (Å²) in [5, 5.41) is 76.9. The van der Waals surface area contributed by atoms with Crippen LogP contribution in [0.15, 0.2) is 0 Å². The lowest BCUT2D eigenvalue weighted by Crippen LogP contribution is -2.62. The normalized spacial score (nSPS) is 31.2. The van der Waals surface area contributed by atoms with Gasteiger partial charge >= 0.3 is 0 Å². The molecule has 2 fully saturated rings. The van der Waals surface area contributed by atoms with Crippen LogP contribution < -0.4 is 5.32 Å². The molecule has 0 saturated carbocycles. The summed E-state index contributed by atoms with van der Waals surface area (Å²) >= 11 is 0. The maximum Gasteiger partial charge on any atom is 0.119 e. The summed E-state index contributed by atoms with van der Waals surface area (Å²) < 4.78 is 0. The molecule has 0 aromatic heterocycles. The molecule has 0 unspecified atom stereocenters.